The lowest BCUT2D eigenvalue weighted by atomic mass is 9.95. The van der Waals surface area contributed by atoms with Crippen LogP contribution in [-0.2, 0) is 6.54 Å². The van der Waals surface area contributed by atoms with Crippen molar-refractivity contribution in [1.82, 2.24) is 9.88 Å². The average molecular weight is 316 g/mol. The number of nitrogens with one attached hydrogen (secondary N) is 1. The minimum atomic E-state index is 0.0429. The molecule has 0 bridgehead atoms. The van der Waals surface area contributed by atoms with Gasteiger partial charge in [0, 0.05) is 24.0 Å². The van der Waals surface area contributed by atoms with Gasteiger partial charge in [-0.15, -0.1) is 0 Å². The number of aryl methyl sites for hydroxylation is 1. The minimum Gasteiger partial charge on any atom is -0.348 e. The third-order valence-electron chi connectivity index (χ3n) is 4.70. The van der Waals surface area contributed by atoms with Crippen molar-refractivity contribution in [1.29, 1.82) is 0 Å². The Morgan fingerprint density at radius 3 is 2.77 bits per heavy atom. The molecule has 0 saturated heterocycles. The standard InChI is InChI=1S/C18H24N2OS/c1-13-10-17(18(21)19-11-15-8-9-22-12-15)14(2)20(13)16-6-4-3-5-7-16/h8-10,12,16H,3-7,11H2,1-2H3,(H,19,21). The van der Waals surface area contributed by atoms with E-state index in [4.69, 9.17) is 0 Å². The number of thiophene rings is 1. The molecule has 0 spiro atoms. The van der Waals surface area contributed by atoms with E-state index in [-0.39, 0.29) is 5.91 Å². The molecule has 1 saturated carbocycles. The number of aromatic nitrogens is 1. The number of amides is 1. The maximum absolute atomic E-state index is 12.5. The molecule has 2 aromatic rings. The van der Waals surface area contributed by atoms with Crippen molar-refractivity contribution in [3.8, 4) is 0 Å². The monoisotopic (exact) mass is 316 g/mol. The molecule has 1 N–H and O–H groups in total. The zero-order chi connectivity index (χ0) is 15.5. The summed E-state index contributed by atoms with van der Waals surface area (Å²) < 4.78 is 2.39. The number of carbonyl (C=O) groups is 1. The van der Waals surface area contributed by atoms with Crippen molar-refractivity contribution in [2.75, 3.05) is 0 Å². The van der Waals surface area contributed by atoms with Crippen LogP contribution in [0.2, 0.25) is 0 Å². The number of hydrogen-bond acceptors (Lipinski definition) is 2. The zero-order valence-electron chi connectivity index (χ0n) is 13.4. The van der Waals surface area contributed by atoms with Crippen LogP contribution >= 0.6 is 11.3 Å². The van der Waals surface area contributed by atoms with Crippen LogP contribution < -0.4 is 5.32 Å². The first-order valence-electron chi connectivity index (χ1n) is 8.14. The van der Waals surface area contributed by atoms with Crippen LogP contribution in [-0.4, -0.2) is 10.5 Å². The summed E-state index contributed by atoms with van der Waals surface area (Å²) in [4.78, 5) is 12.5. The molecule has 0 aromatic carbocycles. The van der Waals surface area contributed by atoms with Gasteiger partial charge in [-0.25, -0.2) is 0 Å². The van der Waals surface area contributed by atoms with Crippen molar-refractivity contribution in [3.05, 3.63) is 45.4 Å². The molecule has 0 unspecified atom stereocenters. The summed E-state index contributed by atoms with van der Waals surface area (Å²) in [6.07, 6.45) is 6.45. The van der Waals surface area contributed by atoms with Gasteiger partial charge in [-0.05, 0) is 55.1 Å². The second-order valence-corrected chi connectivity index (χ2v) is 7.04. The van der Waals surface area contributed by atoms with E-state index in [0.29, 0.717) is 12.6 Å². The highest BCUT2D eigenvalue weighted by molar-refractivity contribution is 7.07. The smallest absolute Gasteiger partial charge is 0.253 e. The van der Waals surface area contributed by atoms with E-state index in [2.05, 4.69) is 35.2 Å². The van der Waals surface area contributed by atoms with E-state index < -0.39 is 0 Å². The topological polar surface area (TPSA) is 34.0 Å². The quantitative estimate of drug-likeness (QED) is 0.878. The van der Waals surface area contributed by atoms with Crippen LogP contribution in [0.1, 0.15) is 65.5 Å². The predicted molar refractivity (Wildman–Crippen MR) is 91.5 cm³/mol. The number of hydrogen-bond donors (Lipinski definition) is 1. The Balaban J connectivity index is 1.74. The minimum absolute atomic E-state index is 0.0429. The first kappa shape index (κ1) is 15.3. The molecule has 3 nitrogen and oxygen atoms in total. The van der Waals surface area contributed by atoms with Crippen LogP contribution in [0.15, 0.2) is 22.9 Å². The molecule has 0 aliphatic heterocycles. The lowest BCUT2D eigenvalue weighted by molar-refractivity contribution is 0.0950. The molecule has 118 valence electrons. The van der Waals surface area contributed by atoms with Gasteiger partial charge in [0.15, 0.2) is 0 Å². The summed E-state index contributed by atoms with van der Waals surface area (Å²) in [6.45, 7) is 4.81. The molecule has 2 aromatic heterocycles. The molecule has 1 amide bonds. The molecule has 0 atom stereocenters. The second-order valence-electron chi connectivity index (χ2n) is 6.26. The van der Waals surface area contributed by atoms with Crippen LogP contribution in [0.4, 0.5) is 0 Å². The van der Waals surface area contributed by atoms with Gasteiger partial charge in [-0.1, -0.05) is 19.3 Å². The number of nitrogens with zero attached hydrogens (tertiary/aromatic N) is 1. The maximum Gasteiger partial charge on any atom is 0.253 e. The van der Waals surface area contributed by atoms with E-state index in [0.717, 1.165) is 11.3 Å². The first-order chi connectivity index (χ1) is 10.7. The molecule has 1 aliphatic carbocycles. The molecular weight excluding hydrogens is 292 g/mol. The largest absolute Gasteiger partial charge is 0.348 e. The van der Waals surface area contributed by atoms with E-state index >= 15 is 0 Å². The van der Waals surface area contributed by atoms with Crippen molar-refractivity contribution >= 4 is 17.2 Å². The number of carbonyl (C=O) groups excluding carboxylic acids is 1. The lowest BCUT2D eigenvalue weighted by Gasteiger charge is -2.26. The van der Waals surface area contributed by atoms with Gasteiger partial charge in [0.1, 0.15) is 0 Å². The van der Waals surface area contributed by atoms with Crippen molar-refractivity contribution in [2.24, 2.45) is 0 Å². The summed E-state index contributed by atoms with van der Waals surface area (Å²) in [7, 11) is 0. The van der Waals surface area contributed by atoms with E-state index in [1.165, 1.54) is 43.4 Å². The third kappa shape index (κ3) is 3.12. The van der Waals surface area contributed by atoms with E-state index in [1.807, 2.05) is 11.4 Å². The predicted octanol–water partition coefficient (Wildman–Crippen LogP) is 4.60. The molecule has 3 rings (SSSR count). The van der Waals surface area contributed by atoms with Crippen molar-refractivity contribution in [3.63, 3.8) is 0 Å². The summed E-state index contributed by atoms with van der Waals surface area (Å²) in [5, 5.41) is 7.15. The zero-order valence-corrected chi connectivity index (χ0v) is 14.2. The highest BCUT2D eigenvalue weighted by Crippen LogP contribution is 2.32. The normalized spacial score (nSPS) is 15.9. The molecule has 22 heavy (non-hydrogen) atoms. The van der Waals surface area contributed by atoms with E-state index in [9.17, 15) is 4.79 Å². The highest BCUT2D eigenvalue weighted by Gasteiger charge is 2.22. The Bertz CT molecular complexity index is 636. The molecule has 1 aliphatic rings. The Hall–Kier alpha value is -1.55. The summed E-state index contributed by atoms with van der Waals surface area (Å²) >= 11 is 1.66. The first-order valence-corrected chi connectivity index (χ1v) is 9.09. The van der Waals surface area contributed by atoms with Crippen molar-refractivity contribution < 1.29 is 4.79 Å². The van der Waals surface area contributed by atoms with Gasteiger partial charge >= 0.3 is 0 Å². The summed E-state index contributed by atoms with van der Waals surface area (Å²) in [6, 6.07) is 4.68. The molecule has 0 radical (unpaired) electrons. The fourth-order valence-corrected chi connectivity index (χ4v) is 4.25. The molecule has 1 fully saturated rings. The van der Waals surface area contributed by atoms with Gasteiger partial charge in [0.05, 0.1) is 5.56 Å². The Labute approximate surface area is 136 Å². The summed E-state index contributed by atoms with van der Waals surface area (Å²) in [5.41, 5.74) is 4.33. The Kier molecular flexibility index (Phi) is 4.67. The van der Waals surface area contributed by atoms with E-state index in [1.54, 1.807) is 11.3 Å². The van der Waals surface area contributed by atoms with Crippen LogP contribution in [0.3, 0.4) is 0 Å². The SMILES string of the molecule is Cc1cc(C(=O)NCc2ccsc2)c(C)n1C1CCCCC1. The molecular formula is C18H24N2OS. The lowest BCUT2D eigenvalue weighted by Crippen LogP contribution is -2.23. The fraction of sp³-hybridized carbons (Fsp3) is 0.500. The van der Waals surface area contributed by atoms with Gasteiger partial charge in [0.25, 0.3) is 5.91 Å². The van der Waals surface area contributed by atoms with Crippen molar-refractivity contribution in [2.45, 2.75) is 58.5 Å². The summed E-state index contributed by atoms with van der Waals surface area (Å²) in [5.74, 6) is 0.0429. The fourth-order valence-electron chi connectivity index (χ4n) is 3.58. The second kappa shape index (κ2) is 6.69. The average Bonchev–Trinajstić information content (AvgIpc) is 3.14. The van der Waals surface area contributed by atoms with Gasteiger partial charge in [0.2, 0.25) is 0 Å². The molecule has 2 heterocycles. The van der Waals surface area contributed by atoms with Crippen LogP contribution in [0.25, 0.3) is 0 Å². The number of rotatable bonds is 4. The van der Waals surface area contributed by atoms with Crippen LogP contribution in [0, 0.1) is 13.8 Å². The highest BCUT2D eigenvalue weighted by atomic mass is 32.1. The van der Waals surface area contributed by atoms with Gasteiger partial charge in [-0.2, -0.15) is 11.3 Å². The Morgan fingerprint density at radius 2 is 2.09 bits per heavy atom. The van der Waals surface area contributed by atoms with Gasteiger partial charge < -0.3 is 9.88 Å². The van der Waals surface area contributed by atoms with Crippen LogP contribution in [0.5, 0.6) is 0 Å². The van der Waals surface area contributed by atoms with Gasteiger partial charge in [-0.3, -0.25) is 4.79 Å². The third-order valence-corrected chi connectivity index (χ3v) is 5.43. The molecule has 4 heteroatoms. The Morgan fingerprint density at radius 1 is 1.32 bits per heavy atom. The maximum atomic E-state index is 12.5.